The third-order valence-corrected chi connectivity index (χ3v) is 3.85. The Morgan fingerprint density at radius 1 is 1.07 bits per heavy atom. The molecular formula is C20H20N2O6. The molecule has 0 aliphatic heterocycles. The summed E-state index contributed by atoms with van der Waals surface area (Å²) in [5, 5.41) is 36.0. The summed E-state index contributed by atoms with van der Waals surface area (Å²) in [5.41, 5.74) is 7.95. The number of carboxylic acid groups (broad SMARTS) is 2. The standard InChI is InChI=1S/C11H12N2O2.C9H8O4/c12-9(11(14)15)5-7-6-13-10-4-2-1-3-8(7)10;10-7-3-1-6(5-8(7)11)2-4-9(12)13/h1-4,6,9,13H,5,12H2,(H,14,15);1-5,10-11H,(H,12,13)/b;4-2+/t9-;/m0./s1. The largest absolute Gasteiger partial charge is 0.504 e. The molecule has 8 heteroatoms. The second-order valence-electron chi connectivity index (χ2n) is 5.93. The first-order valence-corrected chi connectivity index (χ1v) is 8.24. The van der Waals surface area contributed by atoms with E-state index in [-0.39, 0.29) is 11.5 Å². The average molecular weight is 384 g/mol. The van der Waals surface area contributed by atoms with Gasteiger partial charge in [0.15, 0.2) is 11.5 Å². The fraction of sp³-hybridized carbons (Fsp3) is 0.100. The summed E-state index contributed by atoms with van der Waals surface area (Å²) in [4.78, 5) is 23.8. The molecule has 0 spiro atoms. The van der Waals surface area contributed by atoms with Crippen molar-refractivity contribution in [2.24, 2.45) is 5.73 Å². The highest BCUT2D eigenvalue weighted by Crippen LogP contribution is 2.25. The van der Waals surface area contributed by atoms with Crippen molar-refractivity contribution >= 4 is 28.9 Å². The quantitative estimate of drug-likeness (QED) is 0.291. The lowest BCUT2D eigenvalue weighted by Crippen LogP contribution is -2.32. The first-order valence-electron chi connectivity index (χ1n) is 8.24. The van der Waals surface area contributed by atoms with Crippen molar-refractivity contribution in [1.82, 2.24) is 4.98 Å². The van der Waals surface area contributed by atoms with Gasteiger partial charge in [0, 0.05) is 29.6 Å². The maximum Gasteiger partial charge on any atom is 0.328 e. The molecule has 3 rings (SSSR count). The van der Waals surface area contributed by atoms with Crippen LogP contribution in [0.15, 0.2) is 54.7 Å². The number of nitrogens with two attached hydrogens (primary N) is 1. The number of hydrogen-bond donors (Lipinski definition) is 6. The lowest BCUT2D eigenvalue weighted by atomic mass is 10.1. The highest BCUT2D eigenvalue weighted by atomic mass is 16.4. The summed E-state index contributed by atoms with van der Waals surface area (Å²) < 4.78 is 0. The van der Waals surface area contributed by atoms with Crippen molar-refractivity contribution in [3.05, 3.63) is 65.9 Å². The fourth-order valence-corrected chi connectivity index (χ4v) is 2.44. The number of phenolic OH excluding ortho intramolecular Hbond substituents is 2. The number of rotatable bonds is 5. The Balaban J connectivity index is 0.000000203. The molecule has 0 bridgehead atoms. The Morgan fingerprint density at radius 2 is 1.79 bits per heavy atom. The zero-order chi connectivity index (χ0) is 20.7. The molecule has 0 amide bonds. The average Bonchev–Trinajstić information content (AvgIpc) is 3.06. The van der Waals surface area contributed by atoms with Crippen LogP contribution in [0, 0.1) is 0 Å². The number of fused-ring (bicyclic) bond motifs is 1. The second-order valence-corrected chi connectivity index (χ2v) is 5.93. The molecule has 7 N–H and O–H groups in total. The fourth-order valence-electron chi connectivity index (χ4n) is 2.44. The van der Waals surface area contributed by atoms with Crippen molar-refractivity contribution < 1.29 is 30.0 Å². The molecule has 0 radical (unpaired) electrons. The third-order valence-electron chi connectivity index (χ3n) is 3.85. The molecule has 146 valence electrons. The van der Waals surface area contributed by atoms with Gasteiger partial charge in [0.25, 0.3) is 0 Å². The highest BCUT2D eigenvalue weighted by Gasteiger charge is 2.14. The predicted molar refractivity (Wildman–Crippen MR) is 104 cm³/mol. The van der Waals surface area contributed by atoms with Gasteiger partial charge in [-0.25, -0.2) is 4.79 Å². The summed E-state index contributed by atoms with van der Waals surface area (Å²) in [7, 11) is 0. The highest BCUT2D eigenvalue weighted by molar-refractivity contribution is 5.85. The zero-order valence-electron chi connectivity index (χ0n) is 14.7. The lowest BCUT2D eigenvalue weighted by Gasteiger charge is -2.04. The first-order chi connectivity index (χ1) is 13.3. The van der Waals surface area contributed by atoms with E-state index in [1.165, 1.54) is 24.3 Å². The SMILES string of the molecule is N[C@@H](Cc1c[nH]c2ccccc12)C(=O)O.O=C(O)/C=C/c1ccc(O)c(O)c1. The van der Waals surface area contributed by atoms with Crippen molar-refractivity contribution in [3.63, 3.8) is 0 Å². The van der Waals surface area contributed by atoms with E-state index in [0.717, 1.165) is 22.5 Å². The number of carbonyl (C=O) groups is 2. The van der Waals surface area contributed by atoms with E-state index in [1.807, 2.05) is 30.5 Å². The molecule has 8 nitrogen and oxygen atoms in total. The van der Waals surface area contributed by atoms with Gasteiger partial charge in [-0.2, -0.15) is 0 Å². The molecule has 1 heterocycles. The van der Waals surface area contributed by atoms with Crippen LogP contribution in [0.25, 0.3) is 17.0 Å². The van der Waals surface area contributed by atoms with Crippen LogP contribution < -0.4 is 5.73 Å². The van der Waals surface area contributed by atoms with E-state index in [0.29, 0.717) is 12.0 Å². The van der Waals surface area contributed by atoms with Gasteiger partial charge in [-0.3, -0.25) is 4.79 Å². The molecule has 1 aromatic heterocycles. The predicted octanol–water partition coefficient (Wildman–Crippen LogP) is 2.32. The molecule has 0 fully saturated rings. The smallest absolute Gasteiger partial charge is 0.328 e. The Kier molecular flexibility index (Phi) is 6.78. The molecule has 1 atom stereocenters. The van der Waals surface area contributed by atoms with Gasteiger partial charge in [-0.15, -0.1) is 0 Å². The summed E-state index contributed by atoms with van der Waals surface area (Å²) >= 11 is 0. The molecule has 0 aliphatic rings. The van der Waals surface area contributed by atoms with Crippen molar-refractivity contribution in [2.75, 3.05) is 0 Å². The van der Waals surface area contributed by atoms with Crippen LogP contribution in [-0.2, 0) is 16.0 Å². The van der Waals surface area contributed by atoms with Crippen molar-refractivity contribution in [1.29, 1.82) is 0 Å². The molecule has 0 saturated heterocycles. The number of benzene rings is 2. The van der Waals surface area contributed by atoms with Gasteiger partial charge in [0.05, 0.1) is 0 Å². The molecule has 0 saturated carbocycles. The maximum atomic E-state index is 10.6. The summed E-state index contributed by atoms with van der Waals surface area (Å²) in [6, 6.07) is 11.0. The van der Waals surface area contributed by atoms with Crippen LogP contribution >= 0.6 is 0 Å². The molecule has 0 unspecified atom stereocenters. The Bertz CT molecular complexity index is 1010. The molecule has 3 aromatic rings. The van der Waals surface area contributed by atoms with Gasteiger partial charge < -0.3 is 31.1 Å². The number of phenols is 2. The summed E-state index contributed by atoms with van der Waals surface area (Å²) in [6.07, 6.45) is 4.43. The van der Waals surface area contributed by atoms with Crippen LogP contribution in [0.2, 0.25) is 0 Å². The number of aromatic hydroxyl groups is 2. The number of aromatic amines is 1. The molecular weight excluding hydrogens is 364 g/mol. The van der Waals surface area contributed by atoms with Crippen LogP contribution in [0.5, 0.6) is 11.5 Å². The number of para-hydroxylation sites is 1. The van der Waals surface area contributed by atoms with Crippen molar-refractivity contribution in [3.8, 4) is 11.5 Å². The minimum absolute atomic E-state index is 0.229. The number of H-pyrrole nitrogens is 1. The number of aromatic nitrogens is 1. The molecule has 2 aromatic carbocycles. The van der Waals surface area contributed by atoms with Gasteiger partial charge >= 0.3 is 11.9 Å². The van der Waals surface area contributed by atoms with Gasteiger partial charge in [-0.05, 0) is 35.4 Å². The van der Waals surface area contributed by atoms with Gasteiger partial charge in [0.2, 0.25) is 0 Å². The van der Waals surface area contributed by atoms with Crippen molar-refractivity contribution in [2.45, 2.75) is 12.5 Å². The maximum absolute atomic E-state index is 10.6. The van der Waals surface area contributed by atoms with Gasteiger partial charge in [-0.1, -0.05) is 24.3 Å². The Morgan fingerprint density at radius 3 is 2.43 bits per heavy atom. The topological polar surface area (TPSA) is 157 Å². The minimum atomic E-state index is -1.06. The Hall–Kier alpha value is -3.78. The Labute approximate surface area is 160 Å². The van der Waals surface area contributed by atoms with Crippen LogP contribution in [0.4, 0.5) is 0 Å². The van der Waals surface area contributed by atoms with E-state index >= 15 is 0 Å². The van der Waals surface area contributed by atoms with Gasteiger partial charge in [0.1, 0.15) is 6.04 Å². The summed E-state index contributed by atoms with van der Waals surface area (Å²) in [5.74, 6) is -2.53. The monoisotopic (exact) mass is 384 g/mol. The number of hydrogen-bond acceptors (Lipinski definition) is 5. The van der Waals surface area contributed by atoms with E-state index < -0.39 is 18.0 Å². The van der Waals surface area contributed by atoms with Crippen LogP contribution in [0.1, 0.15) is 11.1 Å². The second kappa shape index (κ2) is 9.24. The van der Waals surface area contributed by atoms with E-state index in [2.05, 4.69) is 4.98 Å². The minimum Gasteiger partial charge on any atom is -0.504 e. The molecule has 28 heavy (non-hydrogen) atoms. The number of aliphatic carboxylic acids is 2. The zero-order valence-corrected chi connectivity index (χ0v) is 14.7. The lowest BCUT2D eigenvalue weighted by molar-refractivity contribution is -0.138. The number of carboxylic acids is 2. The van der Waals surface area contributed by atoms with E-state index in [9.17, 15) is 9.59 Å². The number of nitrogens with one attached hydrogen (secondary N) is 1. The van der Waals surface area contributed by atoms with Crippen LogP contribution in [0.3, 0.4) is 0 Å². The summed E-state index contributed by atoms with van der Waals surface area (Å²) in [6.45, 7) is 0. The molecule has 0 aliphatic carbocycles. The third kappa shape index (κ3) is 5.61. The normalized spacial score (nSPS) is 11.8. The van der Waals surface area contributed by atoms with E-state index in [4.69, 9.17) is 26.2 Å². The van der Waals surface area contributed by atoms with E-state index in [1.54, 1.807) is 0 Å². The van der Waals surface area contributed by atoms with Crippen LogP contribution in [-0.4, -0.2) is 43.4 Å². The first kappa shape index (κ1) is 20.5.